The van der Waals surface area contributed by atoms with Crippen molar-refractivity contribution in [1.29, 1.82) is 0 Å². The van der Waals surface area contributed by atoms with E-state index in [0.29, 0.717) is 0 Å². The SMILES string of the molecule is CC(C)C(C)S(=O)(=O)C1CCCC1N. The minimum Gasteiger partial charge on any atom is -0.327 e. The van der Waals surface area contributed by atoms with Crippen LogP contribution in [-0.2, 0) is 9.84 Å². The second-order valence-corrected chi connectivity index (χ2v) is 7.20. The number of hydrogen-bond acceptors (Lipinski definition) is 3. The lowest BCUT2D eigenvalue weighted by Crippen LogP contribution is -2.41. The maximum atomic E-state index is 12.1. The predicted octanol–water partition coefficient (Wildman–Crippen LogP) is 1.33. The summed E-state index contributed by atoms with van der Waals surface area (Å²) in [5, 5.41) is -0.559. The van der Waals surface area contributed by atoms with Gasteiger partial charge in [-0.3, -0.25) is 0 Å². The zero-order chi connectivity index (χ0) is 10.9. The third-order valence-corrected chi connectivity index (χ3v) is 6.39. The summed E-state index contributed by atoms with van der Waals surface area (Å²) in [6, 6.07) is -0.138. The molecule has 1 saturated carbocycles. The van der Waals surface area contributed by atoms with E-state index in [0.717, 1.165) is 19.3 Å². The maximum absolute atomic E-state index is 12.1. The average molecular weight is 219 g/mol. The van der Waals surface area contributed by atoms with Gasteiger partial charge in [0.15, 0.2) is 9.84 Å². The number of nitrogens with two attached hydrogens (primary N) is 1. The summed E-state index contributed by atoms with van der Waals surface area (Å²) >= 11 is 0. The van der Waals surface area contributed by atoms with Gasteiger partial charge in [0.25, 0.3) is 0 Å². The molecule has 1 aliphatic carbocycles. The van der Waals surface area contributed by atoms with Crippen LogP contribution in [0.3, 0.4) is 0 Å². The molecule has 3 nitrogen and oxygen atoms in total. The first-order valence-corrected chi connectivity index (χ1v) is 6.96. The fraction of sp³-hybridized carbons (Fsp3) is 1.00. The Labute approximate surface area is 87.0 Å². The van der Waals surface area contributed by atoms with E-state index in [1.807, 2.05) is 13.8 Å². The van der Waals surface area contributed by atoms with Crippen molar-refractivity contribution in [2.24, 2.45) is 11.7 Å². The van der Waals surface area contributed by atoms with Gasteiger partial charge in [-0.2, -0.15) is 0 Å². The van der Waals surface area contributed by atoms with Gasteiger partial charge in [0.1, 0.15) is 0 Å². The lowest BCUT2D eigenvalue weighted by atomic mass is 10.2. The van der Waals surface area contributed by atoms with Crippen LogP contribution in [0.25, 0.3) is 0 Å². The van der Waals surface area contributed by atoms with E-state index in [9.17, 15) is 8.42 Å². The van der Waals surface area contributed by atoms with Gasteiger partial charge in [-0.1, -0.05) is 20.3 Å². The molecule has 0 aliphatic heterocycles. The summed E-state index contributed by atoms with van der Waals surface area (Å²) in [7, 11) is -3.01. The van der Waals surface area contributed by atoms with Crippen LogP contribution < -0.4 is 5.73 Å². The normalized spacial score (nSPS) is 30.9. The highest BCUT2D eigenvalue weighted by molar-refractivity contribution is 7.92. The number of rotatable bonds is 3. The molecular weight excluding hydrogens is 198 g/mol. The summed E-state index contributed by atoms with van der Waals surface area (Å²) < 4.78 is 24.2. The number of hydrogen-bond donors (Lipinski definition) is 1. The van der Waals surface area contributed by atoms with E-state index in [1.54, 1.807) is 6.92 Å². The van der Waals surface area contributed by atoms with Crippen LogP contribution >= 0.6 is 0 Å². The topological polar surface area (TPSA) is 60.2 Å². The molecule has 1 aliphatic rings. The van der Waals surface area contributed by atoms with Crippen molar-refractivity contribution in [3.8, 4) is 0 Å². The molecule has 0 radical (unpaired) electrons. The highest BCUT2D eigenvalue weighted by Crippen LogP contribution is 2.28. The molecule has 0 aromatic heterocycles. The van der Waals surface area contributed by atoms with Crippen molar-refractivity contribution in [1.82, 2.24) is 0 Å². The first-order chi connectivity index (χ1) is 6.37. The lowest BCUT2D eigenvalue weighted by molar-refractivity contribution is 0.524. The minimum atomic E-state index is -3.01. The Morgan fingerprint density at radius 1 is 1.21 bits per heavy atom. The molecule has 84 valence electrons. The summed E-state index contributed by atoms with van der Waals surface area (Å²) in [5.41, 5.74) is 5.82. The summed E-state index contributed by atoms with van der Waals surface area (Å²) in [5.74, 6) is 0.174. The molecule has 1 fully saturated rings. The highest BCUT2D eigenvalue weighted by atomic mass is 32.2. The van der Waals surface area contributed by atoms with Gasteiger partial charge in [-0.25, -0.2) is 8.42 Å². The van der Waals surface area contributed by atoms with Crippen LogP contribution in [0.5, 0.6) is 0 Å². The molecule has 2 N–H and O–H groups in total. The smallest absolute Gasteiger partial charge is 0.157 e. The van der Waals surface area contributed by atoms with Crippen molar-refractivity contribution in [3.05, 3.63) is 0 Å². The minimum absolute atomic E-state index is 0.138. The largest absolute Gasteiger partial charge is 0.327 e. The molecule has 0 aromatic rings. The van der Waals surface area contributed by atoms with Crippen LogP contribution in [0.2, 0.25) is 0 Å². The molecule has 0 bridgehead atoms. The van der Waals surface area contributed by atoms with Gasteiger partial charge < -0.3 is 5.73 Å². The first-order valence-electron chi connectivity index (χ1n) is 5.35. The Bertz CT molecular complexity index is 284. The quantitative estimate of drug-likeness (QED) is 0.779. The van der Waals surface area contributed by atoms with Crippen molar-refractivity contribution >= 4 is 9.84 Å². The fourth-order valence-electron chi connectivity index (χ4n) is 2.02. The summed E-state index contributed by atoms with van der Waals surface area (Å²) in [6.07, 6.45) is 2.56. The molecule has 3 atom stereocenters. The molecule has 0 heterocycles. The van der Waals surface area contributed by atoms with Crippen molar-refractivity contribution in [2.45, 2.75) is 56.6 Å². The molecule has 1 rings (SSSR count). The molecule has 3 unspecified atom stereocenters. The van der Waals surface area contributed by atoms with E-state index >= 15 is 0 Å². The van der Waals surface area contributed by atoms with E-state index in [-0.39, 0.29) is 22.5 Å². The fourth-order valence-corrected chi connectivity index (χ4v) is 4.45. The molecule has 0 aromatic carbocycles. The Kier molecular flexibility index (Phi) is 3.58. The van der Waals surface area contributed by atoms with Gasteiger partial charge in [0.05, 0.1) is 10.5 Å². The maximum Gasteiger partial charge on any atom is 0.157 e. The molecule has 0 amide bonds. The Morgan fingerprint density at radius 2 is 1.79 bits per heavy atom. The summed E-state index contributed by atoms with van der Waals surface area (Å²) in [6.45, 7) is 5.69. The van der Waals surface area contributed by atoms with Crippen LogP contribution in [0.15, 0.2) is 0 Å². The molecule has 14 heavy (non-hydrogen) atoms. The molecular formula is C10H21NO2S. The van der Waals surface area contributed by atoms with Gasteiger partial charge in [0.2, 0.25) is 0 Å². The van der Waals surface area contributed by atoms with Crippen molar-refractivity contribution in [3.63, 3.8) is 0 Å². The van der Waals surface area contributed by atoms with Crippen LogP contribution in [0.4, 0.5) is 0 Å². The third-order valence-electron chi connectivity index (χ3n) is 3.38. The first kappa shape index (κ1) is 12.0. The van der Waals surface area contributed by atoms with Crippen LogP contribution in [-0.4, -0.2) is 25.0 Å². The van der Waals surface area contributed by atoms with E-state index in [4.69, 9.17) is 5.73 Å². The van der Waals surface area contributed by atoms with Gasteiger partial charge in [-0.05, 0) is 25.7 Å². The van der Waals surface area contributed by atoms with E-state index in [1.165, 1.54) is 0 Å². The van der Waals surface area contributed by atoms with Crippen LogP contribution in [0, 0.1) is 5.92 Å². The zero-order valence-corrected chi connectivity index (χ0v) is 10.0. The standard InChI is InChI=1S/C10H21NO2S/c1-7(2)8(3)14(12,13)10-6-4-5-9(10)11/h7-10H,4-6,11H2,1-3H3. The molecule has 0 spiro atoms. The Morgan fingerprint density at radius 3 is 2.14 bits per heavy atom. The second-order valence-electron chi connectivity index (χ2n) is 4.67. The lowest BCUT2D eigenvalue weighted by Gasteiger charge is -2.23. The monoisotopic (exact) mass is 219 g/mol. The Hall–Kier alpha value is -0.0900. The highest BCUT2D eigenvalue weighted by Gasteiger charge is 2.39. The van der Waals surface area contributed by atoms with Gasteiger partial charge in [0, 0.05) is 6.04 Å². The van der Waals surface area contributed by atoms with Gasteiger partial charge >= 0.3 is 0 Å². The van der Waals surface area contributed by atoms with Crippen molar-refractivity contribution in [2.75, 3.05) is 0 Å². The van der Waals surface area contributed by atoms with E-state index in [2.05, 4.69) is 0 Å². The zero-order valence-electron chi connectivity index (χ0n) is 9.23. The second kappa shape index (κ2) is 4.19. The van der Waals surface area contributed by atoms with Crippen molar-refractivity contribution < 1.29 is 8.42 Å². The Balaban J connectivity index is 2.84. The third kappa shape index (κ3) is 2.11. The predicted molar refractivity (Wildman–Crippen MR) is 58.8 cm³/mol. The van der Waals surface area contributed by atoms with E-state index < -0.39 is 9.84 Å². The van der Waals surface area contributed by atoms with Gasteiger partial charge in [-0.15, -0.1) is 0 Å². The average Bonchev–Trinajstić information content (AvgIpc) is 2.50. The summed E-state index contributed by atoms with van der Waals surface area (Å²) in [4.78, 5) is 0. The van der Waals surface area contributed by atoms with Crippen LogP contribution in [0.1, 0.15) is 40.0 Å². The number of sulfone groups is 1. The molecule has 4 heteroatoms. The molecule has 0 saturated heterocycles.